The largest absolute Gasteiger partial charge is 0.493 e. The molecule has 0 radical (unpaired) electrons. The van der Waals surface area contributed by atoms with Crippen LogP contribution >= 0.6 is 23.2 Å². The lowest BCUT2D eigenvalue weighted by Gasteiger charge is -2.18. The van der Waals surface area contributed by atoms with Gasteiger partial charge in [0.1, 0.15) is 13.2 Å². The Morgan fingerprint density at radius 2 is 1.56 bits per heavy atom. The molecule has 3 aromatic carbocycles. The van der Waals surface area contributed by atoms with Crippen molar-refractivity contribution in [3.8, 4) is 11.5 Å². The van der Waals surface area contributed by atoms with Crippen LogP contribution in [0.4, 0.5) is 5.69 Å². The van der Waals surface area contributed by atoms with Crippen LogP contribution in [0.15, 0.2) is 65.8 Å². The van der Waals surface area contributed by atoms with E-state index in [0.717, 1.165) is 0 Å². The van der Waals surface area contributed by atoms with E-state index in [1.165, 1.54) is 21.3 Å². The SMILES string of the molecule is CCOC(=O)[C@H](Cc1ccc(NC(=O)c2c(Cl)cccc2Cl)cc1)NC(=O)C(=NOC)c1ccc(OC)c(OC)c1. The highest BCUT2D eigenvalue weighted by Gasteiger charge is 2.27. The summed E-state index contributed by atoms with van der Waals surface area (Å²) >= 11 is 12.3. The number of benzene rings is 3. The summed E-state index contributed by atoms with van der Waals surface area (Å²) in [5.41, 5.74) is 1.62. The molecule has 3 rings (SSSR count). The van der Waals surface area contributed by atoms with E-state index >= 15 is 0 Å². The number of amides is 2. The molecule has 2 amide bonds. The summed E-state index contributed by atoms with van der Waals surface area (Å²) in [7, 11) is 4.26. The Balaban J connectivity index is 1.78. The van der Waals surface area contributed by atoms with Crippen molar-refractivity contribution in [1.29, 1.82) is 0 Å². The van der Waals surface area contributed by atoms with Gasteiger partial charge in [-0.2, -0.15) is 0 Å². The molecular formula is C29H29Cl2N3O7. The molecule has 41 heavy (non-hydrogen) atoms. The number of halogens is 2. The van der Waals surface area contributed by atoms with E-state index in [9.17, 15) is 14.4 Å². The van der Waals surface area contributed by atoms with Crippen molar-refractivity contribution in [2.24, 2.45) is 5.16 Å². The van der Waals surface area contributed by atoms with Gasteiger partial charge in [-0.15, -0.1) is 0 Å². The van der Waals surface area contributed by atoms with Crippen LogP contribution in [-0.2, 0) is 25.6 Å². The molecule has 0 heterocycles. The van der Waals surface area contributed by atoms with Crippen molar-refractivity contribution in [3.63, 3.8) is 0 Å². The first-order valence-electron chi connectivity index (χ1n) is 12.4. The predicted molar refractivity (Wildman–Crippen MR) is 156 cm³/mol. The fourth-order valence-corrected chi connectivity index (χ4v) is 4.40. The van der Waals surface area contributed by atoms with E-state index in [0.29, 0.717) is 28.3 Å². The highest BCUT2D eigenvalue weighted by Crippen LogP contribution is 2.28. The quantitative estimate of drug-likeness (QED) is 0.172. The monoisotopic (exact) mass is 601 g/mol. The first-order chi connectivity index (χ1) is 19.7. The number of carbonyl (C=O) groups is 3. The van der Waals surface area contributed by atoms with Crippen molar-refractivity contribution >= 4 is 52.4 Å². The predicted octanol–water partition coefficient (Wildman–Crippen LogP) is 4.90. The third-order valence-electron chi connectivity index (χ3n) is 5.77. The van der Waals surface area contributed by atoms with Crippen LogP contribution in [0.5, 0.6) is 11.5 Å². The van der Waals surface area contributed by atoms with Crippen molar-refractivity contribution in [2.75, 3.05) is 33.3 Å². The Labute approximate surface area is 247 Å². The summed E-state index contributed by atoms with van der Waals surface area (Å²) in [5.74, 6) is -0.918. The Morgan fingerprint density at radius 3 is 2.15 bits per heavy atom. The molecule has 0 spiro atoms. The van der Waals surface area contributed by atoms with Crippen LogP contribution < -0.4 is 20.1 Å². The topological polar surface area (TPSA) is 125 Å². The summed E-state index contributed by atoms with van der Waals surface area (Å²) in [6.07, 6.45) is 0.0985. The van der Waals surface area contributed by atoms with Crippen LogP contribution in [0.25, 0.3) is 0 Å². The Kier molecular flexibility index (Phi) is 11.4. The van der Waals surface area contributed by atoms with Gasteiger partial charge in [0.05, 0.1) is 36.4 Å². The van der Waals surface area contributed by atoms with Crippen LogP contribution in [-0.4, -0.2) is 57.5 Å². The number of rotatable bonds is 12. The second kappa shape index (κ2) is 14.9. The van der Waals surface area contributed by atoms with Gasteiger partial charge in [0.15, 0.2) is 17.2 Å². The van der Waals surface area contributed by atoms with E-state index in [1.54, 1.807) is 67.6 Å². The molecule has 1 atom stereocenters. The van der Waals surface area contributed by atoms with Gasteiger partial charge < -0.3 is 29.7 Å². The molecule has 10 nitrogen and oxygen atoms in total. The minimum atomic E-state index is -1.05. The van der Waals surface area contributed by atoms with Gasteiger partial charge in [0, 0.05) is 17.7 Å². The number of ether oxygens (including phenoxy) is 3. The van der Waals surface area contributed by atoms with Crippen LogP contribution in [0.3, 0.4) is 0 Å². The average molecular weight is 602 g/mol. The zero-order valence-corrected chi connectivity index (χ0v) is 24.3. The Bertz CT molecular complexity index is 1410. The number of hydrogen-bond donors (Lipinski definition) is 2. The average Bonchev–Trinajstić information content (AvgIpc) is 2.96. The molecule has 0 saturated carbocycles. The smallest absolute Gasteiger partial charge is 0.328 e. The summed E-state index contributed by atoms with van der Waals surface area (Å²) < 4.78 is 15.8. The van der Waals surface area contributed by atoms with Crippen molar-refractivity contribution in [1.82, 2.24) is 5.32 Å². The number of carbonyl (C=O) groups excluding carboxylic acids is 3. The van der Waals surface area contributed by atoms with Crippen LogP contribution in [0, 0.1) is 0 Å². The standard InChI is InChI=1S/C29H29Cl2N3O7/c1-5-41-29(37)22(33-28(36)26(34-40-4)18-11-14-23(38-2)24(16-18)39-3)15-17-9-12-19(13-10-17)32-27(35)25-20(30)7-6-8-21(25)31/h6-14,16,22H,5,15H2,1-4H3,(H,32,35)(H,33,36)/t22-/m0/s1. The maximum absolute atomic E-state index is 13.3. The molecule has 2 N–H and O–H groups in total. The number of esters is 1. The van der Waals surface area contributed by atoms with E-state index < -0.39 is 23.8 Å². The lowest BCUT2D eigenvalue weighted by molar-refractivity contribution is -0.146. The molecule has 0 saturated heterocycles. The highest BCUT2D eigenvalue weighted by atomic mass is 35.5. The van der Waals surface area contributed by atoms with Gasteiger partial charge in [-0.25, -0.2) is 4.79 Å². The van der Waals surface area contributed by atoms with E-state index in [1.807, 2.05) is 0 Å². The zero-order chi connectivity index (χ0) is 29.9. The number of nitrogens with one attached hydrogen (secondary N) is 2. The van der Waals surface area contributed by atoms with Gasteiger partial charge >= 0.3 is 5.97 Å². The van der Waals surface area contributed by atoms with Crippen molar-refractivity contribution in [3.05, 3.63) is 87.4 Å². The highest BCUT2D eigenvalue weighted by molar-refractivity contribution is 6.45. The van der Waals surface area contributed by atoms with Crippen molar-refractivity contribution in [2.45, 2.75) is 19.4 Å². The Hall–Kier alpha value is -4.28. The minimum Gasteiger partial charge on any atom is -0.493 e. The Morgan fingerprint density at radius 1 is 0.902 bits per heavy atom. The lowest BCUT2D eigenvalue weighted by atomic mass is 10.0. The molecule has 12 heteroatoms. The summed E-state index contributed by atoms with van der Waals surface area (Å²) in [5, 5.41) is 9.74. The van der Waals surface area contributed by atoms with Gasteiger partial charge in [0.2, 0.25) is 0 Å². The third-order valence-corrected chi connectivity index (χ3v) is 6.40. The number of methoxy groups -OCH3 is 2. The number of nitrogens with zero attached hydrogens (tertiary/aromatic N) is 1. The molecule has 3 aromatic rings. The van der Waals surface area contributed by atoms with Gasteiger partial charge in [0.25, 0.3) is 11.8 Å². The molecular weight excluding hydrogens is 573 g/mol. The van der Waals surface area contributed by atoms with Crippen LogP contribution in [0.2, 0.25) is 10.0 Å². The lowest BCUT2D eigenvalue weighted by Crippen LogP contribution is -2.46. The molecule has 216 valence electrons. The summed E-state index contributed by atoms with van der Waals surface area (Å²) in [6.45, 7) is 1.79. The fraction of sp³-hybridized carbons (Fsp3) is 0.241. The first-order valence-corrected chi connectivity index (χ1v) is 13.1. The van der Waals surface area contributed by atoms with Gasteiger partial charge in [-0.3, -0.25) is 9.59 Å². The van der Waals surface area contributed by atoms with Crippen LogP contribution in [0.1, 0.15) is 28.4 Å². The summed E-state index contributed by atoms with van der Waals surface area (Å²) in [6, 6.07) is 15.3. The molecule has 0 aliphatic rings. The minimum absolute atomic E-state index is 0.0842. The maximum Gasteiger partial charge on any atom is 0.328 e. The first kappa shape index (κ1) is 31.3. The molecule has 0 unspecified atom stereocenters. The molecule has 0 aliphatic carbocycles. The number of hydrogen-bond acceptors (Lipinski definition) is 8. The van der Waals surface area contributed by atoms with Gasteiger partial charge in [-0.1, -0.05) is 46.6 Å². The van der Waals surface area contributed by atoms with E-state index in [2.05, 4.69) is 15.8 Å². The molecule has 0 aromatic heterocycles. The van der Waals surface area contributed by atoms with E-state index in [4.69, 9.17) is 42.3 Å². The number of anilines is 1. The zero-order valence-electron chi connectivity index (χ0n) is 22.8. The molecule has 0 bridgehead atoms. The maximum atomic E-state index is 13.3. The second-order valence-electron chi connectivity index (χ2n) is 8.42. The van der Waals surface area contributed by atoms with Crippen molar-refractivity contribution < 1.29 is 33.4 Å². The summed E-state index contributed by atoms with van der Waals surface area (Å²) in [4.78, 5) is 43.7. The fourth-order valence-electron chi connectivity index (χ4n) is 3.83. The second-order valence-corrected chi connectivity index (χ2v) is 9.24. The number of oxime groups is 1. The normalized spacial score (nSPS) is 11.7. The van der Waals surface area contributed by atoms with Gasteiger partial charge in [-0.05, 0) is 55.0 Å². The third kappa shape index (κ3) is 8.12. The molecule has 0 fully saturated rings. The van der Waals surface area contributed by atoms with E-state index in [-0.39, 0.29) is 34.3 Å². The molecule has 0 aliphatic heterocycles.